The van der Waals surface area contributed by atoms with Gasteiger partial charge >= 0.3 is 0 Å². The number of likely N-dealkylation sites (tertiary alicyclic amines) is 1. The summed E-state index contributed by atoms with van der Waals surface area (Å²) >= 11 is 0. The van der Waals surface area contributed by atoms with Crippen molar-refractivity contribution in [1.29, 1.82) is 0 Å². The van der Waals surface area contributed by atoms with Gasteiger partial charge in [0.15, 0.2) is 0 Å². The van der Waals surface area contributed by atoms with Gasteiger partial charge in [-0.1, -0.05) is 18.1 Å². The number of ether oxygens (including phenoxy) is 1. The number of piperidine rings is 3. The molecule has 1 aliphatic carbocycles. The monoisotopic (exact) mass is 433 g/mol. The molecule has 1 aromatic carbocycles. The van der Waals surface area contributed by atoms with E-state index in [0.29, 0.717) is 24.5 Å². The Labute approximate surface area is 191 Å². The first-order chi connectivity index (χ1) is 15.7. The zero-order valence-corrected chi connectivity index (χ0v) is 19.2. The topological polar surface area (TPSA) is 37.7 Å². The molecule has 0 radical (unpaired) electrons. The van der Waals surface area contributed by atoms with Crippen molar-refractivity contribution in [2.45, 2.75) is 57.2 Å². The molecule has 4 aliphatic rings. The van der Waals surface area contributed by atoms with Crippen LogP contribution in [0.5, 0.6) is 0 Å². The maximum Gasteiger partial charge on any atom is 0.254 e. The van der Waals surface area contributed by atoms with E-state index in [2.05, 4.69) is 44.8 Å². The molecule has 170 valence electrons. The van der Waals surface area contributed by atoms with Gasteiger partial charge in [0.05, 0.1) is 12.6 Å². The summed E-state index contributed by atoms with van der Waals surface area (Å²) in [6.07, 6.45) is 12.3. The molecule has 2 bridgehead atoms. The fourth-order valence-electron chi connectivity index (χ4n) is 7.08. The third-order valence-corrected chi connectivity index (χ3v) is 8.47. The fraction of sp³-hybridized carbons (Fsp3) is 0.593. The Hall–Kier alpha value is -2.11. The van der Waals surface area contributed by atoms with Crippen LogP contribution in [0.2, 0.25) is 0 Å². The molecular weight excluding hydrogens is 398 g/mol. The minimum atomic E-state index is 0.214. The van der Waals surface area contributed by atoms with Gasteiger partial charge < -0.3 is 14.2 Å². The molecule has 2 aromatic rings. The molecule has 5 nitrogen and oxygen atoms in total. The van der Waals surface area contributed by atoms with Crippen molar-refractivity contribution >= 4 is 16.8 Å². The highest BCUT2D eigenvalue weighted by Gasteiger charge is 2.46. The molecule has 1 amide bonds. The molecule has 0 N–H and O–H groups in total. The summed E-state index contributed by atoms with van der Waals surface area (Å²) in [5, 5.41) is 1.14. The minimum absolute atomic E-state index is 0.214. The number of carbonyl (C=O) groups is 1. The number of rotatable bonds is 4. The Morgan fingerprint density at radius 3 is 3.00 bits per heavy atom. The number of fused-ring (bicyclic) bond motifs is 7. The quantitative estimate of drug-likeness (QED) is 0.674. The largest absolute Gasteiger partial charge is 0.383 e. The van der Waals surface area contributed by atoms with Gasteiger partial charge in [0.1, 0.15) is 0 Å². The van der Waals surface area contributed by atoms with E-state index in [9.17, 15) is 4.79 Å². The number of hydrogen-bond donors (Lipinski definition) is 0. The van der Waals surface area contributed by atoms with E-state index in [1.54, 1.807) is 12.7 Å². The zero-order valence-electron chi connectivity index (χ0n) is 19.2. The van der Waals surface area contributed by atoms with Crippen molar-refractivity contribution in [3.63, 3.8) is 0 Å². The van der Waals surface area contributed by atoms with Gasteiger partial charge in [-0.25, -0.2) is 0 Å². The van der Waals surface area contributed by atoms with E-state index >= 15 is 0 Å². The number of methoxy groups -OCH3 is 1. The molecule has 3 aliphatic heterocycles. The first-order valence-electron chi connectivity index (χ1n) is 12.6. The lowest BCUT2D eigenvalue weighted by atomic mass is 9.68. The normalized spacial score (nSPS) is 30.0. The van der Waals surface area contributed by atoms with Crippen LogP contribution >= 0.6 is 0 Å². The smallest absolute Gasteiger partial charge is 0.254 e. The van der Waals surface area contributed by atoms with Gasteiger partial charge in [-0.2, -0.15) is 0 Å². The minimum Gasteiger partial charge on any atom is -0.383 e. The lowest BCUT2D eigenvalue weighted by Crippen LogP contribution is -2.60. The number of benzene rings is 1. The molecule has 0 spiro atoms. The van der Waals surface area contributed by atoms with Crippen LogP contribution in [0.25, 0.3) is 10.9 Å². The Morgan fingerprint density at radius 2 is 2.09 bits per heavy atom. The third kappa shape index (κ3) is 3.41. The average Bonchev–Trinajstić information content (AvgIpc) is 3.24. The number of amides is 1. The van der Waals surface area contributed by atoms with Crippen molar-refractivity contribution in [1.82, 2.24) is 14.4 Å². The van der Waals surface area contributed by atoms with Crippen LogP contribution in [0.4, 0.5) is 0 Å². The molecule has 1 aromatic heterocycles. The fourth-order valence-corrected chi connectivity index (χ4v) is 7.08. The highest BCUT2D eigenvalue weighted by atomic mass is 16.5. The van der Waals surface area contributed by atoms with Gasteiger partial charge in [0, 0.05) is 55.4 Å². The van der Waals surface area contributed by atoms with Crippen LogP contribution in [0.3, 0.4) is 0 Å². The highest BCUT2D eigenvalue weighted by molar-refractivity contribution is 5.98. The summed E-state index contributed by atoms with van der Waals surface area (Å²) in [4.78, 5) is 18.8. The van der Waals surface area contributed by atoms with Crippen molar-refractivity contribution in [2.75, 3.05) is 33.4 Å². The Balaban J connectivity index is 1.28. The Morgan fingerprint density at radius 1 is 1.16 bits per heavy atom. The van der Waals surface area contributed by atoms with E-state index in [-0.39, 0.29) is 5.91 Å². The number of aromatic nitrogens is 1. The maximum absolute atomic E-state index is 13.8. The van der Waals surface area contributed by atoms with Crippen molar-refractivity contribution in [3.05, 3.63) is 47.7 Å². The number of nitrogens with zero attached hydrogens (tertiary/aromatic N) is 3. The molecular formula is C27H35N3O2. The molecule has 0 saturated carbocycles. The van der Waals surface area contributed by atoms with Crippen LogP contribution < -0.4 is 0 Å². The second-order valence-corrected chi connectivity index (χ2v) is 10.3. The summed E-state index contributed by atoms with van der Waals surface area (Å²) < 4.78 is 7.43. The predicted molar refractivity (Wildman–Crippen MR) is 127 cm³/mol. The highest BCUT2D eigenvalue weighted by Crippen LogP contribution is 2.45. The molecule has 3 fully saturated rings. The zero-order chi connectivity index (χ0) is 21.7. The summed E-state index contributed by atoms with van der Waals surface area (Å²) in [5.74, 6) is 1.52. The van der Waals surface area contributed by atoms with Crippen LogP contribution in [0.15, 0.2) is 42.1 Å². The first-order valence-corrected chi connectivity index (χ1v) is 12.6. The second kappa shape index (κ2) is 8.35. The van der Waals surface area contributed by atoms with E-state index in [1.807, 2.05) is 6.07 Å². The Bertz CT molecular complexity index is 1040. The molecule has 5 heteroatoms. The SMILES string of the molecule is COCCn1ccc2cc(C(=O)N3CCCC4=C[C@H]5C[C@H](CN6CCCC[C@H]56)[C@H]43)ccc21. The lowest BCUT2D eigenvalue weighted by molar-refractivity contribution is 0.00148. The van der Waals surface area contributed by atoms with E-state index in [4.69, 9.17) is 4.74 Å². The molecule has 0 unspecified atom stereocenters. The lowest BCUT2D eigenvalue weighted by Gasteiger charge is -2.54. The summed E-state index contributed by atoms with van der Waals surface area (Å²) in [7, 11) is 1.73. The average molecular weight is 434 g/mol. The van der Waals surface area contributed by atoms with E-state index < -0.39 is 0 Å². The first kappa shape index (κ1) is 20.5. The van der Waals surface area contributed by atoms with Crippen molar-refractivity contribution in [3.8, 4) is 0 Å². The second-order valence-electron chi connectivity index (χ2n) is 10.3. The summed E-state index contributed by atoms with van der Waals surface area (Å²) in [6, 6.07) is 9.40. The maximum atomic E-state index is 13.8. The molecule has 4 atom stereocenters. The van der Waals surface area contributed by atoms with Crippen molar-refractivity contribution in [2.24, 2.45) is 11.8 Å². The van der Waals surface area contributed by atoms with E-state index in [1.165, 1.54) is 50.7 Å². The number of carbonyl (C=O) groups excluding carboxylic acids is 1. The molecule has 32 heavy (non-hydrogen) atoms. The van der Waals surface area contributed by atoms with Gasteiger partial charge in [-0.3, -0.25) is 9.69 Å². The van der Waals surface area contributed by atoms with Gasteiger partial charge in [0.25, 0.3) is 5.91 Å². The molecule has 4 heterocycles. The Kier molecular flexibility index (Phi) is 5.34. The third-order valence-electron chi connectivity index (χ3n) is 8.47. The molecule has 6 rings (SSSR count). The molecule has 3 saturated heterocycles. The van der Waals surface area contributed by atoms with Gasteiger partial charge in [-0.15, -0.1) is 0 Å². The predicted octanol–water partition coefficient (Wildman–Crippen LogP) is 4.32. The van der Waals surface area contributed by atoms with Crippen LogP contribution in [-0.4, -0.2) is 65.7 Å². The van der Waals surface area contributed by atoms with E-state index in [0.717, 1.165) is 36.5 Å². The van der Waals surface area contributed by atoms with Gasteiger partial charge in [0.2, 0.25) is 0 Å². The standard InChI is InChI=1S/C27H35N3O2/c1-32-14-13-28-12-9-19-15-21(7-8-25(19)28)27(31)30-11-4-5-20-16-22-17-23(26(20)30)18-29-10-3-2-6-24(22)29/h7-9,12,15-16,22-24,26H,2-6,10-11,13-14,17-18H2,1H3/t22-,23+,24+,26-/m0/s1. The van der Waals surface area contributed by atoms with Crippen LogP contribution in [-0.2, 0) is 11.3 Å². The van der Waals surface area contributed by atoms with Crippen molar-refractivity contribution < 1.29 is 9.53 Å². The van der Waals surface area contributed by atoms with Crippen LogP contribution in [0, 0.1) is 11.8 Å². The van der Waals surface area contributed by atoms with Gasteiger partial charge in [-0.05, 0) is 74.8 Å². The summed E-state index contributed by atoms with van der Waals surface area (Å²) in [6.45, 7) is 4.83. The summed E-state index contributed by atoms with van der Waals surface area (Å²) in [5.41, 5.74) is 3.56. The van der Waals surface area contributed by atoms with Crippen LogP contribution in [0.1, 0.15) is 48.9 Å². The number of hydrogen-bond acceptors (Lipinski definition) is 3.